The summed E-state index contributed by atoms with van der Waals surface area (Å²) in [6, 6.07) is 7.21. The standard InChI is InChI=1S/C15H20N2O3/c1-5-17(10-11(2)9-16)15(18)13-7-6-12(19-3)8-14(13)20-4/h6-8,11H,5,10H2,1-4H3. The van der Waals surface area contributed by atoms with Gasteiger partial charge in [0, 0.05) is 19.2 Å². The number of benzene rings is 1. The van der Waals surface area contributed by atoms with Crippen LogP contribution in [-0.4, -0.2) is 38.1 Å². The molecule has 0 N–H and O–H groups in total. The Morgan fingerprint density at radius 2 is 2.10 bits per heavy atom. The zero-order chi connectivity index (χ0) is 15.1. The van der Waals surface area contributed by atoms with Gasteiger partial charge < -0.3 is 14.4 Å². The van der Waals surface area contributed by atoms with Gasteiger partial charge in [-0.1, -0.05) is 0 Å². The summed E-state index contributed by atoms with van der Waals surface area (Å²) in [5.74, 6) is 0.751. The molecule has 1 unspecified atom stereocenters. The van der Waals surface area contributed by atoms with Gasteiger partial charge in [0.05, 0.1) is 31.8 Å². The second kappa shape index (κ2) is 7.39. The Labute approximate surface area is 119 Å². The van der Waals surface area contributed by atoms with E-state index in [9.17, 15) is 4.79 Å². The summed E-state index contributed by atoms with van der Waals surface area (Å²) in [6.07, 6.45) is 0. The minimum atomic E-state index is -0.205. The highest BCUT2D eigenvalue weighted by molar-refractivity contribution is 5.97. The quantitative estimate of drug-likeness (QED) is 0.800. The fourth-order valence-corrected chi connectivity index (χ4v) is 1.87. The Bertz CT molecular complexity index is 508. The van der Waals surface area contributed by atoms with Crippen molar-refractivity contribution in [1.82, 2.24) is 4.90 Å². The fourth-order valence-electron chi connectivity index (χ4n) is 1.87. The molecule has 1 rings (SSSR count). The van der Waals surface area contributed by atoms with Gasteiger partial charge >= 0.3 is 0 Å². The number of methoxy groups -OCH3 is 2. The number of nitrogens with zero attached hydrogens (tertiary/aromatic N) is 2. The topological polar surface area (TPSA) is 62.6 Å². The van der Waals surface area contributed by atoms with Crippen LogP contribution in [0.3, 0.4) is 0 Å². The van der Waals surface area contributed by atoms with Gasteiger partial charge in [0.15, 0.2) is 0 Å². The summed E-state index contributed by atoms with van der Waals surface area (Å²) in [4.78, 5) is 14.1. The molecule has 0 radical (unpaired) electrons. The van der Waals surface area contributed by atoms with Crippen LogP contribution in [0, 0.1) is 17.2 Å². The molecular formula is C15H20N2O3. The third kappa shape index (κ3) is 3.64. The molecule has 1 aromatic carbocycles. The molecule has 0 saturated carbocycles. The molecule has 1 aromatic rings. The Morgan fingerprint density at radius 3 is 2.60 bits per heavy atom. The lowest BCUT2D eigenvalue weighted by Crippen LogP contribution is -2.34. The van der Waals surface area contributed by atoms with E-state index < -0.39 is 0 Å². The van der Waals surface area contributed by atoms with Gasteiger partial charge in [-0.05, 0) is 26.0 Å². The molecule has 0 aliphatic heterocycles. The van der Waals surface area contributed by atoms with Gasteiger partial charge in [0.2, 0.25) is 0 Å². The van der Waals surface area contributed by atoms with E-state index in [-0.39, 0.29) is 11.8 Å². The van der Waals surface area contributed by atoms with Gasteiger partial charge in [-0.2, -0.15) is 5.26 Å². The number of amides is 1. The zero-order valence-electron chi connectivity index (χ0n) is 12.3. The normalized spacial score (nSPS) is 11.3. The summed E-state index contributed by atoms with van der Waals surface area (Å²) in [6.45, 7) is 4.63. The monoisotopic (exact) mass is 276 g/mol. The maximum absolute atomic E-state index is 12.5. The highest BCUT2D eigenvalue weighted by atomic mass is 16.5. The number of nitriles is 1. The van der Waals surface area contributed by atoms with Crippen LogP contribution in [-0.2, 0) is 0 Å². The lowest BCUT2D eigenvalue weighted by molar-refractivity contribution is 0.0749. The van der Waals surface area contributed by atoms with Crippen molar-refractivity contribution in [3.05, 3.63) is 23.8 Å². The van der Waals surface area contributed by atoms with Gasteiger partial charge in [-0.25, -0.2) is 0 Å². The Hall–Kier alpha value is -2.22. The Balaban J connectivity index is 3.03. The van der Waals surface area contributed by atoms with Crippen LogP contribution in [0.25, 0.3) is 0 Å². The van der Waals surface area contributed by atoms with E-state index in [4.69, 9.17) is 14.7 Å². The Kier molecular flexibility index (Phi) is 5.85. The van der Waals surface area contributed by atoms with Crippen LogP contribution >= 0.6 is 0 Å². The molecule has 1 amide bonds. The van der Waals surface area contributed by atoms with Crippen LogP contribution in [0.2, 0.25) is 0 Å². The molecule has 0 aromatic heterocycles. The van der Waals surface area contributed by atoms with Gasteiger partial charge in [-0.15, -0.1) is 0 Å². The summed E-state index contributed by atoms with van der Waals surface area (Å²) in [5, 5.41) is 8.87. The predicted molar refractivity (Wildman–Crippen MR) is 75.9 cm³/mol. The first-order valence-electron chi connectivity index (χ1n) is 6.48. The van der Waals surface area contributed by atoms with Crippen molar-refractivity contribution in [3.8, 4) is 17.6 Å². The molecular weight excluding hydrogens is 256 g/mol. The van der Waals surface area contributed by atoms with Crippen LogP contribution in [0.4, 0.5) is 0 Å². The number of hydrogen-bond acceptors (Lipinski definition) is 4. The molecule has 5 nitrogen and oxygen atoms in total. The maximum Gasteiger partial charge on any atom is 0.257 e. The van der Waals surface area contributed by atoms with Crippen molar-refractivity contribution in [2.24, 2.45) is 5.92 Å². The van der Waals surface area contributed by atoms with Crippen molar-refractivity contribution in [2.45, 2.75) is 13.8 Å². The van der Waals surface area contributed by atoms with Crippen molar-refractivity contribution in [1.29, 1.82) is 5.26 Å². The number of carbonyl (C=O) groups excluding carboxylic acids is 1. The third-order valence-corrected chi connectivity index (χ3v) is 3.02. The van der Waals surface area contributed by atoms with E-state index in [1.54, 1.807) is 37.1 Å². The smallest absolute Gasteiger partial charge is 0.257 e. The van der Waals surface area contributed by atoms with Gasteiger partial charge in [0.25, 0.3) is 5.91 Å². The molecule has 0 fully saturated rings. The van der Waals surface area contributed by atoms with E-state index >= 15 is 0 Å². The number of carbonyl (C=O) groups is 1. The molecule has 20 heavy (non-hydrogen) atoms. The zero-order valence-corrected chi connectivity index (χ0v) is 12.3. The SMILES string of the molecule is CCN(CC(C)C#N)C(=O)c1ccc(OC)cc1OC. The predicted octanol–water partition coefficient (Wildman–Crippen LogP) is 2.33. The largest absolute Gasteiger partial charge is 0.497 e. The summed E-state index contributed by atoms with van der Waals surface area (Å²) >= 11 is 0. The van der Waals surface area contributed by atoms with Gasteiger partial charge in [0.1, 0.15) is 11.5 Å². The van der Waals surface area contributed by atoms with Crippen LogP contribution in [0.15, 0.2) is 18.2 Å². The molecule has 108 valence electrons. The van der Waals surface area contributed by atoms with E-state index in [0.717, 1.165) is 0 Å². The summed E-state index contributed by atoms with van der Waals surface area (Å²) < 4.78 is 10.4. The summed E-state index contributed by atoms with van der Waals surface area (Å²) in [5.41, 5.74) is 0.472. The number of ether oxygens (including phenoxy) is 2. The number of rotatable bonds is 6. The minimum absolute atomic E-state index is 0.144. The minimum Gasteiger partial charge on any atom is -0.497 e. The van der Waals surface area contributed by atoms with Crippen molar-refractivity contribution >= 4 is 5.91 Å². The molecule has 0 aliphatic rings. The highest BCUT2D eigenvalue weighted by Crippen LogP contribution is 2.25. The Morgan fingerprint density at radius 1 is 1.40 bits per heavy atom. The average Bonchev–Trinajstić information content (AvgIpc) is 2.50. The van der Waals surface area contributed by atoms with Crippen LogP contribution in [0.1, 0.15) is 24.2 Å². The van der Waals surface area contributed by atoms with Gasteiger partial charge in [-0.3, -0.25) is 4.79 Å². The lowest BCUT2D eigenvalue weighted by Gasteiger charge is -2.23. The first-order chi connectivity index (χ1) is 9.57. The maximum atomic E-state index is 12.5. The highest BCUT2D eigenvalue weighted by Gasteiger charge is 2.20. The molecule has 0 saturated heterocycles. The molecule has 0 aliphatic carbocycles. The molecule has 1 atom stereocenters. The van der Waals surface area contributed by atoms with Crippen LogP contribution in [0.5, 0.6) is 11.5 Å². The first-order valence-corrected chi connectivity index (χ1v) is 6.48. The second-order valence-electron chi connectivity index (χ2n) is 4.44. The van der Waals surface area contributed by atoms with Crippen molar-refractivity contribution in [2.75, 3.05) is 27.3 Å². The molecule has 0 spiro atoms. The van der Waals surface area contributed by atoms with E-state index in [2.05, 4.69) is 6.07 Å². The molecule has 0 heterocycles. The fraction of sp³-hybridized carbons (Fsp3) is 0.467. The van der Waals surface area contributed by atoms with Crippen molar-refractivity contribution in [3.63, 3.8) is 0 Å². The third-order valence-electron chi connectivity index (χ3n) is 3.02. The lowest BCUT2D eigenvalue weighted by atomic mass is 10.1. The van der Waals surface area contributed by atoms with Crippen LogP contribution < -0.4 is 9.47 Å². The van der Waals surface area contributed by atoms with E-state index in [0.29, 0.717) is 30.2 Å². The summed E-state index contributed by atoms with van der Waals surface area (Å²) in [7, 11) is 3.07. The average molecular weight is 276 g/mol. The van der Waals surface area contributed by atoms with E-state index in [1.807, 2.05) is 6.92 Å². The molecule has 0 bridgehead atoms. The second-order valence-corrected chi connectivity index (χ2v) is 4.44. The van der Waals surface area contributed by atoms with Crippen molar-refractivity contribution < 1.29 is 14.3 Å². The number of hydrogen-bond donors (Lipinski definition) is 0. The molecule has 5 heteroatoms. The van der Waals surface area contributed by atoms with E-state index in [1.165, 1.54) is 7.11 Å². The first kappa shape index (κ1) is 15.8.